The molecule has 0 amide bonds. The zero-order valence-electron chi connectivity index (χ0n) is 8.74. The predicted molar refractivity (Wildman–Crippen MR) is 58.3 cm³/mol. The molecule has 0 unspecified atom stereocenters. The van der Waals surface area contributed by atoms with Gasteiger partial charge in [0.05, 0.1) is 5.56 Å². The third-order valence-corrected chi connectivity index (χ3v) is 1.85. The maximum atomic E-state index is 10.3. The number of rotatable bonds is 2. The molecule has 2 aromatic heterocycles. The second kappa shape index (κ2) is 4.90. The lowest BCUT2D eigenvalue weighted by Gasteiger charge is -1.97. The third kappa shape index (κ3) is 2.89. The summed E-state index contributed by atoms with van der Waals surface area (Å²) < 4.78 is 1.66. The van der Waals surface area contributed by atoms with Gasteiger partial charge in [-0.15, -0.1) is 0 Å². The van der Waals surface area contributed by atoms with Gasteiger partial charge in [-0.25, -0.2) is 15.0 Å². The van der Waals surface area contributed by atoms with Crippen LogP contribution in [0.25, 0.3) is 5.95 Å². The topological polar surface area (TPSA) is 80.9 Å². The summed E-state index contributed by atoms with van der Waals surface area (Å²) in [4.78, 5) is 22.3. The van der Waals surface area contributed by atoms with Crippen molar-refractivity contribution in [2.45, 2.75) is 6.42 Å². The lowest BCUT2D eigenvalue weighted by molar-refractivity contribution is -0.135. The first-order valence-electron chi connectivity index (χ1n) is 4.77. The van der Waals surface area contributed by atoms with Gasteiger partial charge in [0.2, 0.25) is 5.95 Å². The first kappa shape index (κ1) is 10.8. The number of hydrogen-bond donors (Lipinski definition) is 1. The van der Waals surface area contributed by atoms with Crippen LogP contribution in [0.5, 0.6) is 0 Å². The van der Waals surface area contributed by atoms with Crippen LogP contribution in [0.1, 0.15) is 12.0 Å². The molecule has 0 saturated heterocycles. The van der Waals surface area contributed by atoms with E-state index in [4.69, 9.17) is 5.11 Å². The molecule has 2 rings (SSSR count). The molecule has 84 valence electrons. The SMILES string of the molecule is O=C(O)CC#Cc1cnc(-n2ccnc2)nc1. The molecule has 0 radical (unpaired) electrons. The first-order chi connectivity index (χ1) is 8.25. The summed E-state index contributed by atoms with van der Waals surface area (Å²) in [7, 11) is 0. The van der Waals surface area contributed by atoms with Crippen LogP contribution < -0.4 is 0 Å². The Labute approximate surface area is 97.0 Å². The quantitative estimate of drug-likeness (QED) is 0.756. The monoisotopic (exact) mass is 228 g/mol. The summed E-state index contributed by atoms with van der Waals surface area (Å²) >= 11 is 0. The van der Waals surface area contributed by atoms with E-state index in [0.717, 1.165) is 0 Å². The van der Waals surface area contributed by atoms with Crippen molar-refractivity contribution in [3.8, 4) is 17.8 Å². The number of nitrogens with zero attached hydrogens (tertiary/aromatic N) is 4. The average Bonchev–Trinajstić information content (AvgIpc) is 2.83. The van der Waals surface area contributed by atoms with Gasteiger partial charge in [0.15, 0.2) is 0 Å². The fourth-order valence-corrected chi connectivity index (χ4v) is 1.12. The van der Waals surface area contributed by atoms with Crippen LogP contribution in [-0.4, -0.2) is 30.6 Å². The van der Waals surface area contributed by atoms with Gasteiger partial charge in [-0.1, -0.05) is 11.8 Å². The number of hydrogen-bond acceptors (Lipinski definition) is 4. The highest BCUT2D eigenvalue weighted by Gasteiger charge is 1.97. The molecule has 0 aliphatic rings. The molecule has 6 heteroatoms. The molecule has 6 nitrogen and oxygen atoms in total. The van der Waals surface area contributed by atoms with Crippen LogP contribution in [0.2, 0.25) is 0 Å². The summed E-state index contributed by atoms with van der Waals surface area (Å²) in [6, 6.07) is 0. The Morgan fingerprint density at radius 1 is 1.41 bits per heavy atom. The van der Waals surface area contributed by atoms with Crippen molar-refractivity contribution in [1.29, 1.82) is 0 Å². The van der Waals surface area contributed by atoms with Crippen molar-refractivity contribution in [3.63, 3.8) is 0 Å². The fraction of sp³-hybridized carbons (Fsp3) is 0.0909. The average molecular weight is 228 g/mol. The Kier molecular flexibility index (Phi) is 3.12. The Hall–Kier alpha value is -2.68. The Bertz CT molecular complexity index is 564. The van der Waals surface area contributed by atoms with Crippen molar-refractivity contribution in [2.24, 2.45) is 0 Å². The minimum Gasteiger partial charge on any atom is -0.481 e. The predicted octanol–water partition coefficient (Wildman–Crippen LogP) is 0.489. The van der Waals surface area contributed by atoms with E-state index in [1.165, 1.54) is 12.4 Å². The van der Waals surface area contributed by atoms with E-state index in [-0.39, 0.29) is 6.42 Å². The van der Waals surface area contributed by atoms with Crippen LogP contribution in [0, 0.1) is 11.8 Å². The van der Waals surface area contributed by atoms with E-state index in [1.807, 2.05) is 0 Å². The van der Waals surface area contributed by atoms with Gasteiger partial charge in [-0.05, 0) is 0 Å². The van der Waals surface area contributed by atoms with Gasteiger partial charge in [0.25, 0.3) is 0 Å². The van der Waals surface area contributed by atoms with Gasteiger partial charge < -0.3 is 5.11 Å². The minimum atomic E-state index is -0.951. The summed E-state index contributed by atoms with van der Waals surface area (Å²) in [5, 5.41) is 8.42. The van der Waals surface area contributed by atoms with Crippen LogP contribution in [0.4, 0.5) is 0 Å². The van der Waals surface area contributed by atoms with Gasteiger partial charge in [0, 0.05) is 24.8 Å². The summed E-state index contributed by atoms with van der Waals surface area (Å²) in [5.74, 6) is 4.72. The molecule has 0 aliphatic heterocycles. The molecule has 0 aromatic carbocycles. The van der Waals surface area contributed by atoms with E-state index in [1.54, 1.807) is 23.3 Å². The molecule has 0 spiro atoms. The molecule has 0 atom stereocenters. The minimum absolute atomic E-state index is 0.191. The highest BCUT2D eigenvalue weighted by Crippen LogP contribution is 1.99. The van der Waals surface area contributed by atoms with E-state index in [9.17, 15) is 4.79 Å². The zero-order chi connectivity index (χ0) is 12.1. The zero-order valence-corrected chi connectivity index (χ0v) is 8.74. The van der Waals surface area contributed by atoms with Gasteiger partial charge >= 0.3 is 5.97 Å². The molecule has 0 aliphatic carbocycles. The number of carbonyl (C=O) groups is 1. The maximum Gasteiger partial charge on any atom is 0.315 e. The molecule has 0 fully saturated rings. The van der Waals surface area contributed by atoms with E-state index in [0.29, 0.717) is 11.5 Å². The highest BCUT2D eigenvalue weighted by atomic mass is 16.4. The molecule has 2 aromatic rings. The van der Waals surface area contributed by atoms with Gasteiger partial charge in [-0.2, -0.15) is 0 Å². The van der Waals surface area contributed by atoms with E-state index < -0.39 is 5.97 Å². The molecular weight excluding hydrogens is 220 g/mol. The Morgan fingerprint density at radius 3 is 2.76 bits per heavy atom. The van der Waals surface area contributed by atoms with Crippen LogP contribution in [0.3, 0.4) is 0 Å². The fourth-order valence-electron chi connectivity index (χ4n) is 1.12. The largest absolute Gasteiger partial charge is 0.481 e. The van der Waals surface area contributed by atoms with E-state index >= 15 is 0 Å². The second-order valence-corrected chi connectivity index (χ2v) is 3.11. The van der Waals surface area contributed by atoms with Crippen LogP contribution in [0.15, 0.2) is 31.1 Å². The molecular formula is C11H8N4O2. The summed E-state index contributed by atoms with van der Waals surface area (Å²) in [5.41, 5.74) is 0.579. The Balaban J connectivity index is 2.13. The molecule has 2 heterocycles. The molecule has 1 N–H and O–H groups in total. The summed E-state index contributed by atoms with van der Waals surface area (Å²) in [6.07, 6.45) is 7.83. The van der Waals surface area contributed by atoms with Crippen LogP contribution in [-0.2, 0) is 4.79 Å². The first-order valence-corrected chi connectivity index (χ1v) is 4.77. The second-order valence-electron chi connectivity index (χ2n) is 3.11. The summed E-state index contributed by atoms with van der Waals surface area (Å²) in [6.45, 7) is 0. The number of aromatic nitrogens is 4. The highest BCUT2D eigenvalue weighted by molar-refractivity contribution is 5.70. The van der Waals surface area contributed by atoms with E-state index in [2.05, 4.69) is 26.8 Å². The van der Waals surface area contributed by atoms with Crippen molar-refractivity contribution in [1.82, 2.24) is 19.5 Å². The smallest absolute Gasteiger partial charge is 0.315 e. The lowest BCUT2D eigenvalue weighted by Crippen LogP contribution is -1.98. The van der Waals surface area contributed by atoms with Crippen molar-refractivity contribution in [3.05, 3.63) is 36.7 Å². The maximum absolute atomic E-state index is 10.3. The van der Waals surface area contributed by atoms with Crippen molar-refractivity contribution < 1.29 is 9.90 Å². The van der Waals surface area contributed by atoms with Crippen LogP contribution >= 0.6 is 0 Å². The lowest BCUT2D eigenvalue weighted by atomic mass is 10.3. The molecule has 0 bridgehead atoms. The van der Waals surface area contributed by atoms with Crippen molar-refractivity contribution in [2.75, 3.05) is 0 Å². The Morgan fingerprint density at radius 2 is 2.18 bits per heavy atom. The number of imidazole rings is 1. The number of aliphatic carboxylic acids is 1. The number of carboxylic acids is 1. The molecule has 0 saturated carbocycles. The van der Waals surface area contributed by atoms with Gasteiger partial charge in [-0.3, -0.25) is 9.36 Å². The normalized spacial score (nSPS) is 9.41. The standard InChI is InChI=1S/C11H8N4O2/c16-10(17)3-1-2-9-6-13-11(14-7-9)15-5-4-12-8-15/h4-8H,3H2,(H,16,17). The third-order valence-electron chi connectivity index (χ3n) is 1.85. The van der Waals surface area contributed by atoms with Crippen molar-refractivity contribution >= 4 is 5.97 Å². The molecule has 17 heavy (non-hydrogen) atoms. The van der Waals surface area contributed by atoms with Gasteiger partial charge in [0.1, 0.15) is 12.7 Å². The number of carboxylic acid groups (broad SMARTS) is 1.